The van der Waals surface area contributed by atoms with E-state index in [4.69, 9.17) is 4.74 Å². The highest BCUT2D eigenvalue weighted by molar-refractivity contribution is 5.66. The van der Waals surface area contributed by atoms with Gasteiger partial charge in [0.15, 0.2) is 0 Å². The molecule has 0 unspecified atom stereocenters. The highest BCUT2D eigenvalue weighted by Gasteiger charge is 2.53. The highest BCUT2D eigenvalue weighted by atomic mass is 16.5. The van der Waals surface area contributed by atoms with Crippen LogP contribution in [0.4, 0.5) is 0 Å². The van der Waals surface area contributed by atoms with Crippen molar-refractivity contribution in [2.24, 2.45) is 23.7 Å². The molecule has 36 heavy (non-hydrogen) atoms. The van der Waals surface area contributed by atoms with Crippen LogP contribution in [0.2, 0.25) is 0 Å². The van der Waals surface area contributed by atoms with Gasteiger partial charge < -0.3 is 9.84 Å². The summed E-state index contributed by atoms with van der Waals surface area (Å²) in [4.78, 5) is 17.2. The van der Waals surface area contributed by atoms with Crippen LogP contribution in [0.5, 0.6) is 0 Å². The van der Waals surface area contributed by atoms with Gasteiger partial charge in [-0.1, -0.05) is 50.3 Å². The van der Waals surface area contributed by atoms with Gasteiger partial charge >= 0.3 is 5.97 Å². The summed E-state index contributed by atoms with van der Waals surface area (Å²) in [5, 5.41) is 11.9. The minimum atomic E-state index is -1.05. The van der Waals surface area contributed by atoms with E-state index in [1.54, 1.807) is 0 Å². The van der Waals surface area contributed by atoms with Crippen LogP contribution in [0, 0.1) is 30.1 Å². The first-order chi connectivity index (χ1) is 17.2. The molecule has 5 rings (SSSR count). The SMILES string of the molecule is CC(=O)O[C@@H]1[C][C@@]2(O)[C@H](C)CC[C@@H]([C@H](C)CN3C[C@H]4CCCN4C[C@@H]3Cc3ccccc3)[C@H]2C=C1C. The molecule has 1 saturated carbocycles. The fourth-order valence-corrected chi connectivity index (χ4v) is 7.56. The van der Waals surface area contributed by atoms with Crippen LogP contribution in [0.15, 0.2) is 42.0 Å². The summed E-state index contributed by atoms with van der Waals surface area (Å²) in [7, 11) is 0. The number of esters is 1. The van der Waals surface area contributed by atoms with Crippen LogP contribution >= 0.6 is 0 Å². The number of hydrogen-bond donors (Lipinski definition) is 1. The monoisotopic (exact) mass is 492 g/mol. The third-order valence-electron chi connectivity index (χ3n) is 9.63. The molecular weight excluding hydrogens is 448 g/mol. The van der Waals surface area contributed by atoms with Gasteiger partial charge in [-0.3, -0.25) is 14.6 Å². The number of fused-ring (bicyclic) bond motifs is 2. The molecule has 0 amide bonds. The van der Waals surface area contributed by atoms with Crippen molar-refractivity contribution >= 4 is 5.97 Å². The van der Waals surface area contributed by atoms with Gasteiger partial charge in [0.05, 0.1) is 12.0 Å². The minimum absolute atomic E-state index is 0.0170. The number of piperazine rings is 1. The van der Waals surface area contributed by atoms with Crippen LogP contribution in [0.3, 0.4) is 0 Å². The fraction of sp³-hybridized carbons (Fsp3) is 0.677. The summed E-state index contributed by atoms with van der Waals surface area (Å²) in [5.41, 5.74) is 1.36. The molecular formula is C31H44N2O3. The lowest BCUT2D eigenvalue weighted by atomic mass is 9.57. The van der Waals surface area contributed by atoms with Gasteiger partial charge in [-0.05, 0) is 74.5 Å². The predicted octanol–water partition coefficient (Wildman–Crippen LogP) is 4.38. The summed E-state index contributed by atoms with van der Waals surface area (Å²) in [6, 6.07) is 12.2. The zero-order chi connectivity index (χ0) is 25.4. The predicted molar refractivity (Wildman–Crippen MR) is 142 cm³/mol. The van der Waals surface area contributed by atoms with Crippen LogP contribution in [0.25, 0.3) is 0 Å². The van der Waals surface area contributed by atoms with Gasteiger partial charge in [0, 0.05) is 44.6 Å². The molecule has 8 atom stereocenters. The molecule has 2 aliphatic carbocycles. The van der Waals surface area contributed by atoms with Crippen molar-refractivity contribution in [3.05, 3.63) is 54.0 Å². The molecule has 2 heterocycles. The van der Waals surface area contributed by atoms with E-state index in [9.17, 15) is 9.90 Å². The van der Waals surface area contributed by atoms with E-state index in [0.29, 0.717) is 23.9 Å². The minimum Gasteiger partial charge on any atom is -0.457 e. The van der Waals surface area contributed by atoms with Crippen LogP contribution in [0.1, 0.15) is 58.9 Å². The van der Waals surface area contributed by atoms with Gasteiger partial charge in [-0.15, -0.1) is 0 Å². The molecule has 1 aromatic rings. The largest absolute Gasteiger partial charge is 0.457 e. The maximum Gasteiger partial charge on any atom is 0.303 e. The van der Waals surface area contributed by atoms with E-state index >= 15 is 0 Å². The van der Waals surface area contributed by atoms with Crippen molar-refractivity contribution in [3.8, 4) is 0 Å². The Balaban J connectivity index is 1.34. The summed E-state index contributed by atoms with van der Waals surface area (Å²) in [5.74, 6) is 0.623. The van der Waals surface area contributed by atoms with Crippen molar-refractivity contribution in [3.63, 3.8) is 0 Å². The van der Waals surface area contributed by atoms with Gasteiger partial charge in [0.25, 0.3) is 0 Å². The molecule has 5 nitrogen and oxygen atoms in total. The lowest BCUT2D eigenvalue weighted by Gasteiger charge is -2.53. The van der Waals surface area contributed by atoms with E-state index in [1.807, 2.05) is 6.92 Å². The third kappa shape index (κ3) is 5.16. The summed E-state index contributed by atoms with van der Waals surface area (Å²) in [6.07, 6.45) is 10.8. The molecule has 2 saturated heterocycles. The molecule has 1 aromatic carbocycles. The van der Waals surface area contributed by atoms with Crippen molar-refractivity contribution in [2.45, 2.75) is 83.6 Å². The Labute approximate surface area is 217 Å². The Morgan fingerprint density at radius 1 is 1.22 bits per heavy atom. The number of benzene rings is 1. The smallest absolute Gasteiger partial charge is 0.303 e. The van der Waals surface area contributed by atoms with Gasteiger partial charge in [0.2, 0.25) is 0 Å². The van der Waals surface area contributed by atoms with E-state index in [-0.39, 0.29) is 17.8 Å². The normalized spacial score (nSPS) is 38.1. The van der Waals surface area contributed by atoms with Gasteiger partial charge in [-0.2, -0.15) is 0 Å². The molecule has 4 aliphatic rings. The Bertz CT molecular complexity index is 948. The molecule has 196 valence electrons. The maximum absolute atomic E-state index is 11.9. The Kier molecular flexibility index (Phi) is 7.63. The number of nitrogens with zero attached hydrogens (tertiary/aromatic N) is 2. The van der Waals surface area contributed by atoms with Crippen LogP contribution in [-0.4, -0.2) is 70.8 Å². The number of ether oxygens (including phenoxy) is 1. The van der Waals surface area contributed by atoms with Crippen LogP contribution < -0.4 is 0 Å². The zero-order valence-electron chi connectivity index (χ0n) is 22.5. The quantitative estimate of drug-likeness (QED) is 0.472. The number of carbonyl (C=O) groups is 1. The molecule has 5 heteroatoms. The van der Waals surface area contributed by atoms with Crippen molar-refractivity contribution < 1.29 is 14.6 Å². The first-order valence-corrected chi connectivity index (χ1v) is 14.1. The second-order valence-corrected chi connectivity index (χ2v) is 12.1. The number of aliphatic hydroxyl groups is 1. The molecule has 0 spiro atoms. The summed E-state index contributed by atoms with van der Waals surface area (Å²) in [6.45, 7) is 12.6. The second-order valence-electron chi connectivity index (χ2n) is 12.1. The van der Waals surface area contributed by atoms with Gasteiger partial charge in [-0.25, -0.2) is 0 Å². The zero-order valence-corrected chi connectivity index (χ0v) is 22.5. The molecule has 0 aromatic heterocycles. The van der Waals surface area contributed by atoms with E-state index in [0.717, 1.165) is 44.5 Å². The van der Waals surface area contributed by atoms with E-state index in [1.165, 1.54) is 31.9 Å². The van der Waals surface area contributed by atoms with Crippen LogP contribution in [-0.2, 0) is 16.0 Å². The standard InChI is InChI=1S/C31H44N2O3/c1-21-15-29-28(13-12-23(3)31(29,35)17-30(21)36-24(4)34)22(2)18-33-19-26-11-8-14-32(26)20-27(33)16-25-9-6-5-7-10-25/h5-7,9-10,15,22-23,26-30,35H,8,11-14,16,18-20H2,1-4H3/t22-,23-,26-,27+,28+,29-,30-,31-/m1/s1. The lowest BCUT2D eigenvalue weighted by molar-refractivity contribution is -0.148. The molecule has 1 N–H and O–H groups in total. The van der Waals surface area contributed by atoms with Gasteiger partial charge in [0.1, 0.15) is 6.10 Å². The summed E-state index contributed by atoms with van der Waals surface area (Å²) >= 11 is 0. The number of carbonyl (C=O) groups excluding carboxylic acids is 1. The average molecular weight is 493 g/mol. The second kappa shape index (κ2) is 10.6. The summed E-state index contributed by atoms with van der Waals surface area (Å²) < 4.78 is 5.50. The topological polar surface area (TPSA) is 53.0 Å². The lowest BCUT2D eigenvalue weighted by Crippen LogP contribution is -2.59. The molecule has 2 aliphatic heterocycles. The van der Waals surface area contributed by atoms with Crippen molar-refractivity contribution in [1.29, 1.82) is 0 Å². The first kappa shape index (κ1) is 25.9. The number of rotatable bonds is 6. The average Bonchev–Trinajstić information content (AvgIpc) is 3.29. The van der Waals surface area contributed by atoms with Crippen molar-refractivity contribution in [1.82, 2.24) is 9.80 Å². The van der Waals surface area contributed by atoms with E-state index < -0.39 is 11.7 Å². The van der Waals surface area contributed by atoms with E-state index in [2.05, 4.69) is 66.5 Å². The maximum atomic E-state index is 11.9. The Hall–Kier alpha value is -1.69. The Morgan fingerprint density at radius 2 is 2.00 bits per heavy atom. The Morgan fingerprint density at radius 3 is 2.75 bits per heavy atom. The molecule has 3 fully saturated rings. The third-order valence-corrected chi connectivity index (χ3v) is 9.63. The molecule has 0 bridgehead atoms. The highest BCUT2D eigenvalue weighted by Crippen LogP contribution is 2.51. The number of hydrogen-bond acceptors (Lipinski definition) is 5. The first-order valence-electron chi connectivity index (χ1n) is 14.1. The fourth-order valence-electron chi connectivity index (χ4n) is 7.56. The molecule has 2 radical (unpaired) electrons. The van der Waals surface area contributed by atoms with Crippen molar-refractivity contribution in [2.75, 3.05) is 26.2 Å².